The summed E-state index contributed by atoms with van der Waals surface area (Å²) >= 11 is 0. The number of carbonyl (C=O) groups is 2. The van der Waals surface area contributed by atoms with E-state index in [1.807, 2.05) is 20.8 Å². The summed E-state index contributed by atoms with van der Waals surface area (Å²) in [4.78, 5) is 22.2. The smallest absolute Gasteiger partial charge is 0.227 e. The van der Waals surface area contributed by atoms with Crippen LogP contribution < -0.4 is 5.32 Å². The third-order valence-corrected chi connectivity index (χ3v) is 1.62. The molecule has 13 heavy (non-hydrogen) atoms. The van der Waals surface area contributed by atoms with Crippen LogP contribution in [0, 0.1) is 0 Å². The normalized spacial score (nSPS) is 10.2. The summed E-state index contributed by atoms with van der Waals surface area (Å²) in [6, 6.07) is 0.117. The van der Waals surface area contributed by atoms with Gasteiger partial charge in [-0.3, -0.25) is 9.59 Å². The first-order chi connectivity index (χ1) is 6.06. The first-order valence-electron chi connectivity index (χ1n) is 4.87. The van der Waals surface area contributed by atoms with Crippen molar-refractivity contribution in [3.05, 3.63) is 0 Å². The molecule has 0 bridgehead atoms. The Morgan fingerprint density at radius 3 is 2.38 bits per heavy atom. The zero-order chi connectivity index (χ0) is 10.3. The Balaban J connectivity index is 3.59. The van der Waals surface area contributed by atoms with E-state index in [2.05, 4.69) is 5.32 Å². The fraction of sp³-hybridized carbons (Fsp3) is 0.800. The number of carbonyl (C=O) groups excluding carboxylic acids is 2. The van der Waals surface area contributed by atoms with E-state index >= 15 is 0 Å². The van der Waals surface area contributed by atoms with Crippen molar-refractivity contribution in [2.45, 2.75) is 52.5 Å². The van der Waals surface area contributed by atoms with Crippen LogP contribution in [-0.2, 0) is 9.59 Å². The fourth-order valence-electron chi connectivity index (χ4n) is 1.01. The lowest BCUT2D eigenvalue weighted by Crippen LogP contribution is -2.31. The summed E-state index contributed by atoms with van der Waals surface area (Å²) in [6.45, 7) is 5.80. The van der Waals surface area contributed by atoms with Gasteiger partial charge < -0.3 is 5.32 Å². The third-order valence-electron chi connectivity index (χ3n) is 1.62. The van der Waals surface area contributed by atoms with Gasteiger partial charge in [-0.15, -0.1) is 0 Å². The number of hydrogen-bond acceptors (Lipinski definition) is 2. The van der Waals surface area contributed by atoms with Crippen LogP contribution in [-0.4, -0.2) is 17.7 Å². The average Bonchev–Trinajstić information content (AvgIpc) is 1.98. The van der Waals surface area contributed by atoms with Crippen LogP contribution >= 0.6 is 0 Å². The number of ketones is 1. The van der Waals surface area contributed by atoms with Crippen molar-refractivity contribution in [2.24, 2.45) is 0 Å². The van der Waals surface area contributed by atoms with Gasteiger partial charge in [0.1, 0.15) is 5.78 Å². The van der Waals surface area contributed by atoms with Crippen LogP contribution in [0.5, 0.6) is 0 Å². The molecule has 0 aliphatic heterocycles. The first kappa shape index (κ1) is 12.1. The zero-order valence-electron chi connectivity index (χ0n) is 8.72. The molecule has 1 amide bonds. The molecule has 3 nitrogen and oxygen atoms in total. The van der Waals surface area contributed by atoms with E-state index in [1.54, 1.807) is 0 Å². The molecule has 0 atom stereocenters. The number of amides is 1. The van der Waals surface area contributed by atoms with Gasteiger partial charge in [0.25, 0.3) is 0 Å². The van der Waals surface area contributed by atoms with Crippen molar-refractivity contribution in [3.63, 3.8) is 0 Å². The summed E-state index contributed by atoms with van der Waals surface area (Å²) in [7, 11) is 0. The van der Waals surface area contributed by atoms with E-state index in [0.717, 1.165) is 12.8 Å². The van der Waals surface area contributed by atoms with Gasteiger partial charge in [-0.1, -0.05) is 13.3 Å². The maximum absolute atomic E-state index is 11.1. The Hall–Kier alpha value is -0.860. The van der Waals surface area contributed by atoms with Crippen molar-refractivity contribution in [1.29, 1.82) is 0 Å². The molecule has 1 N–H and O–H groups in total. The van der Waals surface area contributed by atoms with E-state index in [0.29, 0.717) is 6.42 Å². The third kappa shape index (κ3) is 7.50. The van der Waals surface area contributed by atoms with Gasteiger partial charge in [-0.05, 0) is 20.3 Å². The number of Topliss-reactive ketones (excluding diaryl/α,β-unsaturated/α-hetero) is 1. The minimum atomic E-state index is -0.156. The standard InChI is InChI=1S/C10H19NO2/c1-4-5-6-9(12)7-10(13)11-8(2)3/h8H,4-7H2,1-3H3,(H,11,13). The molecule has 0 saturated heterocycles. The van der Waals surface area contributed by atoms with Crippen molar-refractivity contribution < 1.29 is 9.59 Å². The Morgan fingerprint density at radius 2 is 1.92 bits per heavy atom. The second kappa shape index (κ2) is 6.63. The summed E-state index contributed by atoms with van der Waals surface area (Å²) in [5, 5.41) is 2.69. The van der Waals surface area contributed by atoms with Crippen LogP contribution in [0.15, 0.2) is 0 Å². The van der Waals surface area contributed by atoms with Gasteiger partial charge in [-0.25, -0.2) is 0 Å². The van der Waals surface area contributed by atoms with Crippen LogP contribution in [0.25, 0.3) is 0 Å². The van der Waals surface area contributed by atoms with Crippen LogP contribution in [0.3, 0.4) is 0 Å². The topological polar surface area (TPSA) is 46.2 Å². The van der Waals surface area contributed by atoms with Crippen molar-refractivity contribution >= 4 is 11.7 Å². The molecule has 0 aliphatic rings. The lowest BCUT2D eigenvalue weighted by Gasteiger charge is -2.06. The largest absolute Gasteiger partial charge is 0.354 e. The monoisotopic (exact) mass is 185 g/mol. The number of rotatable bonds is 6. The molecule has 76 valence electrons. The minimum Gasteiger partial charge on any atom is -0.354 e. The lowest BCUT2D eigenvalue weighted by atomic mass is 10.1. The van der Waals surface area contributed by atoms with Gasteiger partial charge >= 0.3 is 0 Å². The summed E-state index contributed by atoms with van der Waals surface area (Å²) in [6.07, 6.45) is 2.45. The van der Waals surface area contributed by atoms with E-state index in [9.17, 15) is 9.59 Å². The summed E-state index contributed by atoms with van der Waals surface area (Å²) in [5.74, 6) is -0.115. The highest BCUT2D eigenvalue weighted by molar-refractivity contribution is 5.97. The molecule has 0 saturated carbocycles. The Morgan fingerprint density at radius 1 is 1.31 bits per heavy atom. The van der Waals surface area contributed by atoms with Gasteiger partial charge in [-0.2, -0.15) is 0 Å². The maximum Gasteiger partial charge on any atom is 0.227 e. The van der Waals surface area contributed by atoms with Crippen LogP contribution in [0.2, 0.25) is 0 Å². The highest BCUT2D eigenvalue weighted by Gasteiger charge is 2.09. The number of hydrogen-bond donors (Lipinski definition) is 1. The number of nitrogens with one attached hydrogen (secondary N) is 1. The maximum atomic E-state index is 11.1. The van der Waals surface area contributed by atoms with E-state index in [-0.39, 0.29) is 24.2 Å². The molecule has 3 heteroatoms. The highest BCUT2D eigenvalue weighted by Crippen LogP contribution is 1.98. The molecule has 0 radical (unpaired) electrons. The molecule has 0 spiro atoms. The first-order valence-corrected chi connectivity index (χ1v) is 4.87. The lowest BCUT2D eigenvalue weighted by molar-refractivity contribution is -0.128. The molecule has 0 fully saturated rings. The van der Waals surface area contributed by atoms with Crippen LogP contribution in [0.1, 0.15) is 46.5 Å². The van der Waals surface area contributed by atoms with Crippen LogP contribution in [0.4, 0.5) is 0 Å². The molecule has 0 aromatic carbocycles. The van der Waals surface area contributed by atoms with Crippen molar-refractivity contribution in [1.82, 2.24) is 5.32 Å². The zero-order valence-corrected chi connectivity index (χ0v) is 8.72. The summed E-state index contributed by atoms with van der Waals surface area (Å²) in [5.41, 5.74) is 0. The molecular weight excluding hydrogens is 166 g/mol. The summed E-state index contributed by atoms with van der Waals surface area (Å²) < 4.78 is 0. The molecule has 0 aromatic rings. The van der Waals surface area contributed by atoms with Crippen molar-refractivity contribution in [2.75, 3.05) is 0 Å². The van der Waals surface area contributed by atoms with Crippen molar-refractivity contribution in [3.8, 4) is 0 Å². The van der Waals surface area contributed by atoms with E-state index < -0.39 is 0 Å². The second-order valence-electron chi connectivity index (χ2n) is 3.54. The SMILES string of the molecule is CCCCC(=O)CC(=O)NC(C)C. The Kier molecular flexibility index (Phi) is 6.20. The predicted molar refractivity (Wildman–Crippen MR) is 52.4 cm³/mol. The van der Waals surface area contributed by atoms with E-state index in [4.69, 9.17) is 0 Å². The molecular formula is C10H19NO2. The Bertz CT molecular complexity index is 176. The molecule has 0 rings (SSSR count). The molecule has 0 heterocycles. The number of unbranched alkanes of at least 4 members (excludes halogenated alkanes) is 1. The molecule has 0 aliphatic carbocycles. The van der Waals surface area contributed by atoms with E-state index in [1.165, 1.54) is 0 Å². The van der Waals surface area contributed by atoms with Gasteiger partial charge in [0, 0.05) is 12.5 Å². The fourth-order valence-corrected chi connectivity index (χ4v) is 1.01. The van der Waals surface area contributed by atoms with Gasteiger partial charge in [0.2, 0.25) is 5.91 Å². The second-order valence-corrected chi connectivity index (χ2v) is 3.54. The average molecular weight is 185 g/mol. The van der Waals surface area contributed by atoms with Gasteiger partial charge in [0.15, 0.2) is 0 Å². The quantitative estimate of drug-likeness (QED) is 0.640. The molecule has 0 aromatic heterocycles. The molecule has 0 unspecified atom stereocenters. The van der Waals surface area contributed by atoms with Gasteiger partial charge in [0.05, 0.1) is 6.42 Å². The minimum absolute atomic E-state index is 0.0399. The Labute approximate surface area is 79.9 Å². The highest BCUT2D eigenvalue weighted by atomic mass is 16.2. The predicted octanol–water partition coefficient (Wildman–Crippen LogP) is 1.66.